The maximum absolute atomic E-state index is 10.4. The molecule has 4 nitrogen and oxygen atoms in total. The zero-order valence-corrected chi connectivity index (χ0v) is 11.0. The smallest absolute Gasteiger partial charge is 0.211 e. The van der Waals surface area contributed by atoms with Gasteiger partial charge in [0.15, 0.2) is 0 Å². The van der Waals surface area contributed by atoms with Gasteiger partial charge in [-0.1, -0.05) is 30.3 Å². The van der Waals surface area contributed by atoms with Gasteiger partial charge in [-0.15, -0.1) is 0 Å². The second kappa shape index (κ2) is 6.39. The van der Waals surface area contributed by atoms with E-state index >= 15 is 0 Å². The van der Waals surface area contributed by atoms with Crippen LogP contribution in [0.15, 0.2) is 52.4 Å². The van der Waals surface area contributed by atoms with E-state index in [1.807, 2.05) is 37.3 Å². The second-order valence-corrected chi connectivity index (χ2v) is 4.27. The first-order valence-corrected chi connectivity index (χ1v) is 6.08. The Morgan fingerprint density at radius 3 is 2.20 bits per heavy atom. The predicted octanol–water partition coefficient (Wildman–Crippen LogP) is 3.52. The molecular weight excluding hydrogens is 252 g/mol. The van der Waals surface area contributed by atoms with E-state index in [1.54, 1.807) is 24.3 Å². The third-order valence-electron chi connectivity index (χ3n) is 3.12. The molecule has 4 heteroatoms. The Balaban J connectivity index is 2.43. The molecule has 0 aliphatic carbocycles. The normalized spacial score (nSPS) is 9.45. The van der Waals surface area contributed by atoms with Crippen LogP contribution in [0.5, 0.6) is 0 Å². The van der Waals surface area contributed by atoms with Gasteiger partial charge >= 0.3 is 0 Å². The minimum Gasteiger partial charge on any atom is -0.211 e. The Morgan fingerprint density at radius 1 is 0.850 bits per heavy atom. The van der Waals surface area contributed by atoms with Crippen molar-refractivity contribution in [2.45, 2.75) is 13.3 Å². The van der Waals surface area contributed by atoms with Gasteiger partial charge < -0.3 is 0 Å². The van der Waals surface area contributed by atoms with Crippen LogP contribution in [0.1, 0.15) is 16.7 Å². The summed E-state index contributed by atoms with van der Waals surface area (Å²) in [5, 5.41) is 0. The number of isocyanates is 2. The summed E-state index contributed by atoms with van der Waals surface area (Å²) in [6.45, 7) is 1.90. The summed E-state index contributed by atoms with van der Waals surface area (Å²) >= 11 is 0. The van der Waals surface area contributed by atoms with Gasteiger partial charge in [0.25, 0.3) is 0 Å². The van der Waals surface area contributed by atoms with Crippen LogP contribution < -0.4 is 0 Å². The van der Waals surface area contributed by atoms with Gasteiger partial charge in [-0.3, -0.25) is 0 Å². The summed E-state index contributed by atoms with van der Waals surface area (Å²) in [4.78, 5) is 28.2. The molecule has 20 heavy (non-hydrogen) atoms. The highest BCUT2D eigenvalue weighted by Crippen LogP contribution is 2.27. The SMILES string of the molecule is Cc1c(Cc2ccccc2N=C=O)cccc1N=C=O. The van der Waals surface area contributed by atoms with Crippen molar-refractivity contribution in [3.8, 4) is 0 Å². The summed E-state index contributed by atoms with van der Waals surface area (Å²) in [5.74, 6) is 0. The highest BCUT2D eigenvalue weighted by molar-refractivity contribution is 5.59. The van der Waals surface area contributed by atoms with E-state index in [0.29, 0.717) is 17.8 Å². The van der Waals surface area contributed by atoms with Gasteiger partial charge in [-0.05, 0) is 42.2 Å². The number of hydrogen-bond donors (Lipinski definition) is 0. The van der Waals surface area contributed by atoms with Crippen molar-refractivity contribution in [1.29, 1.82) is 0 Å². The van der Waals surface area contributed by atoms with Gasteiger partial charge in [0.2, 0.25) is 12.2 Å². The molecule has 0 N–H and O–H groups in total. The summed E-state index contributed by atoms with van der Waals surface area (Å²) < 4.78 is 0. The van der Waals surface area contributed by atoms with Gasteiger partial charge in [0, 0.05) is 0 Å². The molecule has 0 unspecified atom stereocenters. The van der Waals surface area contributed by atoms with E-state index in [2.05, 4.69) is 9.98 Å². The second-order valence-electron chi connectivity index (χ2n) is 4.27. The lowest BCUT2D eigenvalue weighted by molar-refractivity contribution is 0.564. The zero-order valence-electron chi connectivity index (χ0n) is 11.0. The van der Waals surface area contributed by atoms with Crippen LogP contribution in [0, 0.1) is 6.92 Å². The highest BCUT2D eigenvalue weighted by atomic mass is 16.1. The molecule has 2 aromatic carbocycles. The van der Waals surface area contributed by atoms with Gasteiger partial charge in [0.05, 0.1) is 11.4 Å². The van der Waals surface area contributed by atoms with E-state index in [0.717, 1.165) is 16.7 Å². The molecular formula is C16H12N2O2. The molecule has 0 fully saturated rings. The maximum atomic E-state index is 10.4. The molecule has 0 spiro atoms. The fourth-order valence-electron chi connectivity index (χ4n) is 2.06. The van der Waals surface area contributed by atoms with Gasteiger partial charge in [0.1, 0.15) is 0 Å². The number of benzene rings is 2. The van der Waals surface area contributed by atoms with Crippen molar-refractivity contribution < 1.29 is 9.59 Å². The van der Waals surface area contributed by atoms with E-state index in [1.165, 1.54) is 0 Å². The molecule has 0 radical (unpaired) electrons. The Labute approximate surface area is 116 Å². The average molecular weight is 264 g/mol. The van der Waals surface area contributed by atoms with Crippen LogP contribution in [0.25, 0.3) is 0 Å². The number of carbonyl (C=O) groups excluding carboxylic acids is 2. The quantitative estimate of drug-likeness (QED) is 0.626. The van der Waals surface area contributed by atoms with Crippen LogP contribution in [-0.2, 0) is 16.0 Å². The van der Waals surface area contributed by atoms with Crippen molar-refractivity contribution in [2.75, 3.05) is 0 Å². The summed E-state index contributed by atoms with van der Waals surface area (Å²) in [6, 6.07) is 12.9. The van der Waals surface area contributed by atoms with Crippen LogP contribution >= 0.6 is 0 Å². The lowest BCUT2D eigenvalue weighted by atomic mass is 9.98. The lowest BCUT2D eigenvalue weighted by Crippen LogP contribution is -1.92. The van der Waals surface area contributed by atoms with Crippen molar-refractivity contribution in [1.82, 2.24) is 0 Å². The molecule has 0 heterocycles. The van der Waals surface area contributed by atoms with Crippen LogP contribution in [0.2, 0.25) is 0 Å². The standard InChI is InChI=1S/C16H12N2O2/c1-12-13(6-4-8-15(12)17-10-19)9-14-5-2-3-7-16(14)18-11-20/h2-8H,9H2,1H3. The van der Waals surface area contributed by atoms with Crippen molar-refractivity contribution >= 4 is 23.5 Å². The first-order valence-electron chi connectivity index (χ1n) is 6.08. The molecule has 0 saturated carbocycles. The number of nitrogens with zero attached hydrogens (tertiary/aromatic N) is 2. The minimum atomic E-state index is 0.603. The molecule has 98 valence electrons. The zero-order chi connectivity index (χ0) is 14.4. The van der Waals surface area contributed by atoms with E-state index in [4.69, 9.17) is 0 Å². The van der Waals surface area contributed by atoms with Gasteiger partial charge in [-0.25, -0.2) is 9.59 Å². The Bertz CT molecular complexity index is 725. The third-order valence-corrected chi connectivity index (χ3v) is 3.12. The molecule has 0 bridgehead atoms. The van der Waals surface area contributed by atoms with Crippen molar-refractivity contribution in [3.63, 3.8) is 0 Å². The predicted molar refractivity (Wildman–Crippen MR) is 76.0 cm³/mol. The summed E-state index contributed by atoms with van der Waals surface area (Å²) in [5.41, 5.74) is 4.07. The van der Waals surface area contributed by atoms with Crippen LogP contribution in [0.3, 0.4) is 0 Å². The number of para-hydroxylation sites is 1. The molecule has 2 aromatic rings. The third kappa shape index (κ3) is 2.96. The van der Waals surface area contributed by atoms with E-state index in [9.17, 15) is 9.59 Å². The lowest BCUT2D eigenvalue weighted by Gasteiger charge is -2.09. The maximum Gasteiger partial charge on any atom is 0.240 e. The molecule has 0 atom stereocenters. The number of aliphatic imine (C=N–C) groups is 2. The van der Waals surface area contributed by atoms with E-state index in [-0.39, 0.29) is 0 Å². The Morgan fingerprint density at radius 2 is 1.45 bits per heavy atom. The minimum absolute atomic E-state index is 0.603. The topological polar surface area (TPSA) is 58.9 Å². The van der Waals surface area contributed by atoms with Crippen LogP contribution in [-0.4, -0.2) is 12.2 Å². The largest absolute Gasteiger partial charge is 0.240 e. The summed E-state index contributed by atoms with van der Waals surface area (Å²) in [6.07, 6.45) is 3.72. The first kappa shape index (κ1) is 13.6. The van der Waals surface area contributed by atoms with Crippen LogP contribution in [0.4, 0.5) is 11.4 Å². The fourth-order valence-corrected chi connectivity index (χ4v) is 2.06. The van der Waals surface area contributed by atoms with Crippen molar-refractivity contribution in [3.05, 3.63) is 59.2 Å². The molecule has 0 saturated heterocycles. The number of hydrogen-bond acceptors (Lipinski definition) is 4. The molecule has 0 aromatic heterocycles. The van der Waals surface area contributed by atoms with Gasteiger partial charge in [-0.2, -0.15) is 9.98 Å². The fraction of sp³-hybridized carbons (Fsp3) is 0.125. The molecule has 2 rings (SSSR count). The first-order chi connectivity index (χ1) is 9.76. The molecule has 0 amide bonds. The van der Waals surface area contributed by atoms with Crippen molar-refractivity contribution in [2.24, 2.45) is 9.98 Å². The number of rotatable bonds is 4. The van der Waals surface area contributed by atoms with E-state index < -0.39 is 0 Å². The monoisotopic (exact) mass is 264 g/mol. The highest BCUT2D eigenvalue weighted by Gasteiger charge is 2.07. The Kier molecular flexibility index (Phi) is 4.35. The summed E-state index contributed by atoms with van der Waals surface area (Å²) in [7, 11) is 0. The molecule has 0 aliphatic heterocycles. The average Bonchev–Trinajstić information content (AvgIpc) is 2.46. The molecule has 0 aliphatic rings. The Hall–Kier alpha value is -2.80.